The summed E-state index contributed by atoms with van der Waals surface area (Å²) in [7, 11) is 0. The van der Waals surface area contributed by atoms with Gasteiger partial charge >= 0.3 is 18.1 Å². The average molecular weight is 291 g/mol. The molecule has 0 atom stereocenters. The molecule has 0 saturated heterocycles. The standard InChI is InChI=1S/C12H9F4NO3/c13-9-7(10(18)19)2-1-6-3-4-17(5-8(6)9)11(20)12(14,15)16/h1-2H,3-5H2,(H,18,19). The second-order valence-electron chi connectivity index (χ2n) is 4.34. The topological polar surface area (TPSA) is 57.6 Å². The minimum atomic E-state index is -5.03. The largest absolute Gasteiger partial charge is 0.478 e. The van der Waals surface area contributed by atoms with Gasteiger partial charge in [0, 0.05) is 18.7 Å². The van der Waals surface area contributed by atoms with Crippen LogP contribution in [0.1, 0.15) is 21.5 Å². The van der Waals surface area contributed by atoms with E-state index in [9.17, 15) is 27.2 Å². The van der Waals surface area contributed by atoms with Crippen molar-refractivity contribution in [2.75, 3.05) is 6.54 Å². The van der Waals surface area contributed by atoms with Crippen LogP contribution in [0.15, 0.2) is 12.1 Å². The fraction of sp³-hybridized carbons (Fsp3) is 0.333. The number of fused-ring (bicyclic) bond motifs is 1. The van der Waals surface area contributed by atoms with Crippen molar-refractivity contribution in [1.82, 2.24) is 4.90 Å². The molecule has 108 valence electrons. The summed E-state index contributed by atoms with van der Waals surface area (Å²) in [6.07, 6.45) is -4.98. The van der Waals surface area contributed by atoms with Gasteiger partial charge in [-0.1, -0.05) is 6.07 Å². The Morgan fingerprint density at radius 1 is 1.25 bits per heavy atom. The van der Waals surface area contributed by atoms with Gasteiger partial charge in [-0.15, -0.1) is 0 Å². The van der Waals surface area contributed by atoms with Gasteiger partial charge in [0.05, 0.1) is 5.56 Å². The van der Waals surface area contributed by atoms with E-state index in [0.717, 1.165) is 6.07 Å². The van der Waals surface area contributed by atoms with Crippen LogP contribution < -0.4 is 0 Å². The molecule has 4 nitrogen and oxygen atoms in total. The Morgan fingerprint density at radius 3 is 2.45 bits per heavy atom. The molecule has 0 unspecified atom stereocenters. The molecule has 0 bridgehead atoms. The molecule has 2 rings (SSSR count). The number of benzene rings is 1. The van der Waals surface area contributed by atoms with Crippen LogP contribution >= 0.6 is 0 Å². The van der Waals surface area contributed by atoms with Crippen LogP contribution in [0.3, 0.4) is 0 Å². The van der Waals surface area contributed by atoms with E-state index in [0.29, 0.717) is 10.5 Å². The Balaban J connectivity index is 2.36. The van der Waals surface area contributed by atoms with Crippen LogP contribution in [-0.4, -0.2) is 34.6 Å². The van der Waals surface area contributed by atoms with E-state index in [-0.39, 0.29) is 18.5 Å². The third-order valence-electron chi connectivity index (χ3n) is 3.10. The zero-order valence-corrected chi connectivity index (χ0v) is 10.00. The lowest BCUT2D eigenvalue weighted by Gasteiger charge is -2.29. The molecule has 1 aromatic carbocycles. The molecule has 1 heterocycles. The number of rotatable bonds is 1. The van der Waals surface area contributed by atoms with Gasteiger partial charge in [-0.25, -0.2) is 9.18 Å². The summed E-state index contributed by atoms with van der Waals surface area (Å²) >= 11 is 0. The highest BCUT2D eigenvalue weighted by molar-refractivity contribution is 5.88. The summed E-state index contributed by atoms with van der Waals surface area (Å²) in [5.74, 6) is -4.65. The summed E-state index contributed by atoms with van der Waals surface area (Å²) in [6.45, 7) is -0.766. The SMILES string of the molecule is O=C(O)c1ccc2c(c1F)CN(C(=O)C(F)(F)F)CC2. The summed E-state index contributed by atoms with van der Waals surface area (Å²) in [4.78, 5) is 22.4. The normalized spacial score (nSPS) is 14.9. The number of amides is 1. The summed E-state index contributed by atoms with van der Waals surface area (Å²) < 4.78 is 51.0. The van der Waals surface area contributed by atoms with Crippen LogP contribution in [0.25, 0.3) is 0 Å². The second-order valence-corrected chi connectivity index (χ2v) is 4.34. The summed E-state index contributed by atoms with van der Waals surface area (Å²) in [6, 6.07) is 2.43. The number of halogens is 4. The van der Waals surface area contributed by atoms with E-state index >= 15 is 0 Å². The zero-order chi connectivity index (χ0) is 15.1. The molecule has 1 N–H and O–H groups in total. The van der Waals surface area contributed by atoms with Crippen molar-refractivity contribution in [2.45, 2.75) is 19.1 Å². The Bertz CT molecular complexity index is 583. The molecule has 0 aromatic heterocycles. The van der Waals surface area contributed by atoms with Crippen LogP contribution in [0.2, 0.25) is 0 Å². The zero-order valence-electron chi connectivity index (χ0n) is 10.00. The third-order valence-corrected chi connectivity index (χ3v) is 3.10. The van der Waals surface area contributed by atoms with Crippen molar-refractivity contribution in [3.63, 3.8) is 0 Å². The van der Waals surface area contributed by atoms with E-state index < -0.39 is 36.0 Å². The van der Waals surface area contributed by atoms with Gasteiger partial charge in [-0.05, 0) is 18.1 Å². The maximum atomic E-state index is 13.9. The summed E-state index contributed by atoms with van der Waals surface area (Å²) in [5, 5.41) is 8.77. The molecule has 1 aliphatic rings. The fourth-order valence-corrected chi connectivity index (χ4v) is 2.11. The predicted octanol–water partition coefficient (Wildman–Crippen LogP) is 1.97. The molecule has 0 radical (unpaired) electrons. The van der Waals surface area contributed by atoms with Gasteiger partial charge in [0.15, 0.2) is 0 Å². The molecule has 20 heavy (non-hydrogen) atoms. The van der Waals surface area contributed by atoms with Crippen LogP contribution in [0.4, 0.5) is 17.6 Å². The number of carbonyl (C=O) groups is 2. The first-order valence-corrected chi connectivity index (χ1v) is 5.61. The van der Waals surface area contributed by atoms with E-state index in [2.05, 4.69) is 0 Å². The molecular weight excluding hydrogens is 282 g/mol. The lowest BCUT2D eigenvalue weighted by Crippen LogP contribution is -2.44. The van der Waals surface area contributed by atoms with Crippen molar-refractivity contribution < 1.29 is 32.3 Å². The molecule has 1 aliphatic heterocycles. The minimum Gasteiger partial charge on any atom is -0.478 e. The fourth-order valence-electron chi connectivity index (χ4n) is 2.11. The number of nitrogens with zero attached hydrogens (tertiary/aromatic N) is 1. The van der Waals surface area contributed by atoms with Gasteiger partial charge < -0.3 is 10.0 Å². The lowest BCUT2D eigenvalue weighted by atomic mass is 9.96. The molecular formula is C12H9F4NO3. The maximum Gasteiger partial charge on any atom is 0.471 e. The highest BCUT2D eigenvalue weighted by Crippen LogP contribution is 2.27. The Kier molecular flexibility index (Phi) is 3.41. The van der Waals surface area contributed by atoms with Crippen molar-refractivity contribution in [3.8, 4) is 0 Å². The van der Waals surface area contributed by atoms with Crippen molar-refractivity contribution in [1.29, 1.82) is 0 Å². The van der Waals surface area contributed by atoms with Crippen LogP contribution in [0, 0.1) is 5.82 Å². The molecule has 8 heteroatoms. The average Bonchev–Trinajstić information content (AvgIpc) is 2.36. The number of carboxylic acids is 1. The van der Waals surface area contributed by atoms with E-state index in [1.807, 2.05) is 0 Å². The first kappa shape index (κ1) is 14.3. The summed E-state index contributed by atoms with van der Waals surface area (Å²) in [5.41, 5.74) is -0.377. The number of hydrogen-bond acceptors (Lipinski definition) is 2. The molecule has 0 fully saturated rings. The predicted molar refractivity (Wildman–Crippen MR) is 58.5 cm³/mol. The number of aromatic carboxylic acids is 1. The number of carboxylic acid groups (broad SMARTS) is 1. The highest BCUT2D eigenvalue weighted by Gasteiger charge is 2.43. The van der Waals surface area contributed by atoms with Gasteiger partial charge in [0.2, 0.25) is 0 Å². The van der Waals surface area contributed by atoms with Gasteiger partial charge in [0.1, 0.15) is 5.82 Å². The Morgan fingerprint density at radius 2 is 1.90 bits per heavy atom. The maximum absolute atomic E-state index is 13.9. The van der Waals surface area contributed by atoms with Gasteiger partial charge in [-0.2, -0.15) is 13.2 Å². The molecule has 1 amide bonds. The molecule has 0 spiro atoms. The quantitative estimate of drug-likeness (QED) is 0.805. The number of hydrogen-bond donors (Lipinski definition) is 1. The monoisotopic (exact) mass is 291 g/mol. The van der Waals surface area contributed by atoms with Crippen molar-refractivity contribution in [3.05, 3.63) is 34.6 Å². The van der Waals surface area contributed by atoms with Gasteiger partial charge in [0.25, 0.3) is 0 Å². The highest BCUT2D eigenvalue weighted by atomic mass is 19.4. The van der Waals surface area contributed by atoms with Crippen LogP contribution in [0.5, 0.6) is 0 Å². The Labute approximate surface area is 110 Å². The van der Waals surface area contributed by atoms with Crippen LogP contribution in [-0.2, 0) is 17.8 Å². The minimum absolute atomic E-state index is 0.0496. The number of alkyl halides is 3. The second kappa shape index (κ2) is 4.77. The molecule has 1 aromatic rings. The third kappa shape index (κ3) is 2.45. The smallest absolute Gasteiger partial charge is 0.471 e. The first-order valence-electron chi connectivity index (χ1n) is 5.61. The first-order chi connectivity index (χ1) is 9.21. The Hall–Kier alpha value is -2.12. The van der Waals surface area contributed by atoms with Crippen molar-refractivity contribution >= 4 is 11.9 Å². The number of carbonyl (C=O) groups excluding carboxylic acids is 1. The van der Waals surface area contributed by atoms with E-state index in [1.165, 1.54) is 6.07 Å². The van der Waals surface area contributed by atoms with E-state index in [4.69, 9.17) is 5.11 Å². The van der Waals surface area contributed by atoms with Gasteiger partial charge in [-0.3, -0.25) is 4.79 Å². The van der Waals surface area contributed by atoms with E-state index in [1.54, 1.807) is 0 Å². The molecule has 0 aliphatic carbocycles. The molecule has 0 saturated carbocycles. The van der Waals surface area contributed by atoms with Crippen molar-refractivity contribution in [2.24, 2.45) is 0 Å². The lowest BCUT2D eigenvalue weighted by molar-refractivity contribution is -0.186.